The van der Waals surface area contributed by atoms with Gasteiger partial charge in [0.2, 0.25) is 5.91 Å². The van der Waals surface area contributed by atoms with Crippen molar-refractivity contribution in [1.82, 2.24) is 9.80 Å². The molecule has 0 radical (unpaired) electrons. The van der Waals surface area contributed by atoms with Gasteiger partial charge in [-0.2, -0.15) is 0 Å². The number of morpholine rings is 1. The number of methoxy groups -OCH3 is 1. The number of nitrogens with zero attached hydrogens (tertiary/aromatic N) is 2. The molecule has 1 saturated heterocycles. The highest BCUT2D eigenvalue weighted by atomic mass is 32.1. The van der Waals surface area contributed by atoms with Gasteiger partial charge in [-0.1, -0.05) is 30.3 Å². The molecule has 1 aromatic carbocycles. The molecule has 1 atom stereocenters. The maximum Gasteiger partial charge on any atom is 0.256 e. The predicted molar refractivity (Wildman–Crippen MR) is 109 cm³/mol. The minimum Gasteiger partial charge on any atom is -0.375 e. The molecule has 2 aromatic rings. The van der Waals surface area contributed by atoms with E-state index in [9.17, 15) is 9.59 Å². The quantitative estimate of drug-likeness (QED) is 0.744. The van der Waals surface area contributed by atoms with E-state index in [1.54, 1.807) is 30.3 Å². The standard InChI is InChI=1S/C21H26N2O4S/c1-22(2)20(25)21(15-23(10-11-27-21)19(24)14-26-3)13-16-6-8-17(9-7-16)18-5-4-12-28-18/h4-9,12H,10-11,13-15H2,1-3H3. The van der Waals surface area contributed by atoms with Crippen LogP contribution in [-0.4, -0.2) is 74.7 Å². The number of rotatable bonds is 6. The second-order valence-electron chi connectivity index (χ2n) is 7.14. The Morgan fingerprint density at radius 1 is 1.25 bits per heavy atom. The molecule has 1 aliphatic rings. The first-order valence-corrected chi connectivity index (χ1v) is 10.1. The molecule has 28 heavy (non-hydrogen) atoms. The first kappa shape index (κ1) is 20.5. The second-order valence-corrected chi connectivity index (χ2v) is 8.09. The van der Waals surface area contributed by atoms with Crippen LogP contribution >= 0.6 is 11.3 Å². The Balaban J connectivity index is 1.84. The van der Waals surface area contributed by atoms with Crippen molar-refractivity contribution in [2.45, 2.75) is 12.0 Å². The zero-order valence-corrected chi connectivity index (χ0v) is 17.3. The summed E-state index contributed by atoms with van der Waals surface area (Å²) >= 11 is 1.69. The van der Waals surface area contributed by atoms with E-state index in [0.717, 1.165) is 11.1 Å². The summed E-state index contributed by atoms with van der Waals surface area (Å²) in [5, 5.41) is 2.05. The van der Waals surface area contributed by atoms with E-state index >= 15 is 0 Å². The van der Waals surface area contributed by atoms with Gasteiger partial charge >= 0.3 is 0 Å². The summed E-state index contributed by atoms with van der Waals surface area (Å²) in [7, 11) is 4.91. The molecule has 0 aliphatic carbocycles. The highest BCUT2D eigenvalue weighted by molar-refractivity contribution is 7.13. The van der Waals surface area contributed by atoms with Crippen molar-refractivity contribution in [3.8, 4) is 10.4 Å². The Morgan fingerprint density at radius 2 is 2.00 bits per heavy atom. The van der Waals surface area contributed by atoms with Crippen LogP contribution in [0.2, 0.25) is 0 Å². The molecule has 0 N–H and O–H groups in total. The van der Waals surface area contributed by atoms with Gasteiger partial charge in [-0.15, -0.1) is 11.3 Å². The van der Waals surface area contributed by atoms with Crippen LogP contribution in [0.5, 0.6) is 0 Å². The topological polar surface area (TPSA) is 59.1 Å². The molecule has 0 spiro atoms. The monoisotopic (exact) mass is 402 g/mol. The summed E-state index contributed by atoms with van der Waals surface area (Å²) in [6.07, 6.45) is 0.408. The van der Waals surface area contributed by atoms with Crippen LogP contribution in [0.25, 0.3) is 10.4 Å². The lowest BCUT2D eigenvalue weighted by Gasteiger charge is -2.42. The fraction of sp³-hybridized carbons (Fsp3) is 0.429. The fourth-order valence-corrected chi connectivity index (χ4v) is 4.22. The van der Waals surface area contributed by atoms with Gasteiger partial charge in [0.25, 0.3) is 5.91 Å². The predicted octanol–water partition coefficient (Wildman–Crippen LogP) is 2.29. The Morgan fingerprint density at radius 3 is 2.61 bits per heavy atom. The van der Waals surface area contributed by atoms with Crippen molar-refractivity contribution in [2.75, 3.05) is 47.5 Å². The van der Waals surface area contributed by atoms with Gasteiger partial charge in [-0.25, -0.2) is 0 Å². The molecule has 1 aliphatic heterocycles. The number of carbonyl (C=O) groups is 2. The van der Waals surface area contributed by atoms with Crippen LogP contribution in [0.1, 0.15) is 5.56 Å². The van der Waals surface area contributed by atoms with E-state index in [-0.39, 0.29) is 25.0 Å². The summed E-state index contributed by atoms with van der Waals surface area (Å²) < 4.78 is 11.0. The average molecular weight is 403 g/mol. The van der Waals surface area contributed by atoms with Gasteiger partial charge in [0, 0.05) is 39.0 Å². The van der Waals surface area contributed by atoms with Gasteiger partial charge in [0.1, 0.15) is 6.61 Å². The van der Waals surface area contributed by atoms with Crippen molar-refractivity contribution in [1.29, 1.82) is 0 Å². The molecular weight excluding hydrogens is 376 g/mol. The summed E-state index contributed by atoms with van der Waals surface area (Å²) in [5.74, 6) is -0.264. The van der Waals surface area contributed by atoms with E-state index in [1.807, 2.05) is 18.2 Å². The Bertz CT molecular complexity index is 804. The summed E-state index contributed by atoms with van der Waals surface area (Å²) in [6, 6.07) is 12.3. The lowest BCUT2D eigenvalue weighted by atomic mass is 9.90. The molecule has 150 valence electrons. The second kappa shape index (κ2) is 8.86. The lowest BCUT2D eigenvalue weighted by molar-refractivity contribution is -0.173. The van der Waals surface area contributed by atoms with Gasteiger partial charge in [0.15, 0.2) is 5.60 Å². The average Bonchev–Trinajstić information content (AvgIpc) is 3.23. The summed E-state index contributed by atoms with van der Waals surface area (Å²) in [6.45, 7) is 1.00. The SMILES string of the molecule is COCC(=O)N1CCOC(Cc2ccc(-c3cccs3)cc2)(C(=O)N(C)C)C1. The molecule has 0 saturated carbocycles. The van der Waals surface area contributed by atoms with Crippen molar-refractivity contribution in [3.05, 3.63) is 47.3 Å². The molecule has 1 fully saturated rings. The van der Waals surface area contributed by atoms with E-state index in [1.165, 1.54) is 16.9 Å². The molecule has 2 heterocycles. The van der Waals surface area contributed by atoms with Crippen LogP contribution in [0.3, 0.4) is 0 Å². The molecule has 7 heteroatoms. The molecular formula is C21H26N2O4S. The zero-order chi connectivity index (χ0) is 20.1. The number of amides is 2. The smallest absolute Gasteiger partial charge is 0.256 e. The van der Waals surface area contributed by atoms with Crippen LogP contribution in [0.4, 0.5) is 0 Å². The van der Waals surface area contributed by atoms with Crippen molar-refractivity contribution in [3.63, 3.8) is 0 Å². The third kappa shape index (κ3) is 4.43. The molecule has 0 bridgehead atoms. The number of hydrogen-bond acceptors (Lipinski definition) is 5. The highest BCUT2D eigenvalue weighted by Gasteiger charge is 2.45. The maximum atomic E-state index is 13.0. The summed E-state index contributed by atoms with van der Waals surface area (Å²) in [4.78, 5) is 29.8. The first-order chi connectivity index (χ1) is 13.4. The van der Waals surface area contributed by atoms with E-state index in [4.69, 9.17) is 9.47 Å². The van der Waals surface area contributed by atoms with Gasteiger partial charge < -0.3 is 19.3 Å². The number of carbonyl (C=O) groups excluding carboxylic acids is 2. The Labute approximate surface area is 169 Å². The van der Waals surface area contributed by atoms with E-state index in [2.05, 4.69) is 23.6 Å². The molecule has 1 unspecified atom stereocenters. The highest BCUT2D eigenvalue weighted by Crippen LogP contribution is 2.28. The zero-order valence-electron chi connectivity index (χ0n) is 16.5. The number of hydrogen-bond donors (Lipinski definition) is 0. The molecule has 1 aromatic heterocycles. The number of thiophene rings is 1. The third-order valence-electron chi connectivity index (χ3n) is 4.85. The van der Waals surface area contributed by atoms with Crippen molar-refractivity contribution < 1.29 is 19.1 Å². The Kier molecular flexibility index (Phi) is 6.49. The van der Waals surface area contributed by atoms with Crippen molar-refractivity contribution in [2.24, 2.45) is 0 Å². The number of ether oxygens (including phenoxy) is 2. The molecule has 3 rings (SSSR count). The number of likely N-dealkylation sites (N-methyl/N-ethyl adjacent to an activating group) is 1. The van der Waals surface area contributed by atoms with Crippen LogP contribution in [0.15, 0.2) is 41.8 Å². The van der Waals surface area contributed by atoms with Crippen LogP contribution < -0.4 is 0 Å². The maximum absolute atomic E-state index is 13.0. The first-order valence-electron chi connectivity index (χ1n) is 9.20. The molecule has 2 amide bonds. The van der Waals surface area contributed by atoms with Crippen LogP contribution in [0, 0.1) is 0 Å². The van der Waals surface area contributed by atoms with Gasteiger partial charge in [0.05, 0.1) is 13.2 Å². The minimum absolute atomic E-state index is 0.00173. The minimum atomic E-state index is -1.09. The number of benzene rings is 1. The normalized spacial score (nSPS) is 19.5. The molecule has 6 nitrogen and oxygen atoms in total. The Hall–Kier alpha value is -2.22. The van der Waals surface area contributed by atoms with Crippen molar-refractivity contribution >= 4 is 23.2 Å². The van der Waals surface area contributed by atoms with Crippen LogP contribution in [-0.2, 0) is 25.5 Å². The largest absolute Gasteiger partial charge is 0.375 e. The van der Waals surface area contributed by atoms with Gasteiger partial charge in [-0.3, -0.25) is 9.59 Å². The fourth-order valence-electron chi connectivity index (χ4n) is 3.49. The summed E-state index contributed by atoms with van der Waals surface area (Å²) in [5.41, 5.74) is 1.06. The van der Waals surface area contributed by atoms with E-state index < -0.39 is 5.60 Å². The lowest BCUT2D eigenvalue weighted by Crippen LogP contribution is -2.62. The third-order valence-corrected chi connectivity index (χ3v) is 5.77. The van der Waals surface area contributed by atoms with E-state index in [0.29, 0.717) is 19.6 Å². The van der Waals surface area contributed by atoms with Gasteiger partial charge in [-0.05, 0) is 22.6 Å².